The van der Waals surface area contributed by atoms with E-state index in [9.17, 15) is 0 Å². The van der Waals surface area contributed by atoms with Crippen molar-refractivity contribution >= 4 is 49.2 Å². The first-order valence-corrected chi connectivity index (χ1v) is 21.5. The highest BCUT2D eigenvalue weighted by Crippen LogP contribution is 2.40. The van der Waals surface area contributed by atoms with Gasteiger partial charge in [-0.05, 0) is 125 Å². The van der Waals surface area contributed by atoms with Gasteiger partial charge in [0, 0.05) is 32.8 Å². The molecule has 0 radical (unpaired) electrons. The van der Waals surface area contributed by atoms with Crippen molar-refractivity contribution in [1.29, 1.82) is 0 Å². The van der Waals surface area contributed by atoms with E-state index in [0.717, 1.165) is 19.3 Å². The Morgan fingerprint density at radius 1 is 0.450 bits per heavy atom. The summed E-state index contributed by atoms with van der Waals surface area (Å²) in [6.07, 6.45) is 12.4. The first-order chi connectivity index (χ1) is 29.7. The van der Waals surface area contributed by atoms with Gasteiger partial charge in [0.2, 0.25) is 0 Å². The Balaban J connectivity index is 0.981. The fourth-order valence-corrected chi connectivity index (χ4v) is 9.55. The van der Waals surface area contributed by atoms with Gasteiger partial charge >= 0.3 is 0 Å². The largest absolute Gasteiger partial charge is 0.309 e. The second-order valence-electron chi connectivity index (χ2n) is 16.3. The summed E-state index contributed by atoms with van der Waals surface area (Å²) in [7, 11) is 0. The van der Waals surface area contributed by atoms with Crippen molar-refractivity contribution in [2.75, 3.05) is 0 Å². The highest BCUT2D eigenvalue weighted by Gasteiger charge is 2.18. The van der Waals surface area contributed by atoms with Gasteiger partial charge in [0.05, 0.1) is 27.8 Å². The van der Waals surface area contributed by atoms with E-state index in [4.69, 9.17) is 0 Å². The van der Waals surface area contributed by atoms with Gasteiger partial charge in [-0.3, -0.25) is 0 Å². The quantitative estimate of drug-likeness (QED) is 0.138. The minimum absolute atomic E-state index is 1.09. The molecule has 2 heteroatoms. The molecular weight excluding hydrogens is 725 g/mol. The highest BCUT2D eigenvalue weighted by atomic mass is 15.0. The van der Waals surface area contributed by atoms with Crippen LogP contribution in [0.2, 0.25) is 0 Å². The molecule has 288 valence electrons. The Hall–Kier alpha value is -7.16. The lowest BCUT2D eigenvalue weighted by atomic mass is 9.97. The second kappa shape index (κ2) is 15.2. The SMILES string of the molecule is CCCCc1cccc(-c2ccc(-c3ccccc3-n3c4ccccc4c4cc(-c5ccc6c(c5)c5ccccc5n6-c5ccc(C6=CC=CCC6)cc5)ccc43)cc2)c1. The molecule has 2 aromatic heterocycles. The zero-order chi connectivity index (χ0) is 40.0. The standard InChI is InChI=1S/C58H46N2/c1-2-3-14-40-15-13-18-45(37-40)43-25-27-44(28-26-43)49-19-7-10-22-54(49)60-56-24-12-9-21-51(56)53-39-47(32-36-58(53)60)46-31-35-57-52(38-46)50-20-8-11-23-55(50)59(57)48-33-29-42(30-34-48)41-16-5-4-6-17-41/h4-5,7-13,15-16,18-39H,2-3,6,14,17H2,1H3. The Bertz CT molecular complexity index is 3280. The molecular formula is C58H46N2. The normalized spacial score (nSPS) is 12.8. The fraction of sp³-hybridized carbons (Fsp3) is 0.103. The van der Waals surface area contributed by atoms with Gasteiger partial charge in [-0.15, -0.1) is 0 Å². The van der Waals surface area contributed by atoms with E-state index in [1.165, 1.54) is 118 Å². The average Bonchev–Trinajstić information content (AvgIpc) is 3.83. The second-order valence-corrected chi connectivity index (χ2v) is 16.3. The maximum atomic E-state index is 2.46. The van der Waals surface area contributed by atoms with Gasteiger partial charge in [0.15, 0.2) is 0 Å². The maximum Gasteiger partial charge on any atom is 0.0541 e. The van der Waals surface area contributed by atoms with Gasteiger partial charge in [0.25, 0.3) is 0 Å². The average molecular weight is 771 g/mol. The van der Waals surface area contributed by atoms with Gasteiger partial charge in [-0.25, -0.2) is 0 Å². The lowest BCUT2D eigenvalue weighted by Gasteiger charge is -2.15. The summed E-state index contributed by atoms with van der Waals surface area (Å²) < 4.78 is 4.87. The molecule has 0 fully saturated rings. The van der Waals surface area contributed by atoms with Gasteiger partial charge in [-0.1, -0.05) is 159 Å². The van der Waals surface area contributed by atoms with Crippen LogP contribution in [0.3, 0.4) is 0 Å². The van der Waals surface area contributed by atoms with Crippen LogP contribution < -0.4 is 0 Å². The molecule has 0 N–H and O–H groups in total. The van der Waals surface area contributed by atoms with Crippen LogP contribution >= 0.6 is 0 Å². The molecule has 10 aromatic rings. The van der Waals surface area contributed by atoms with Crippen molar-refractivity contribution in [2.45, 2.75) is 39.0 Å². The summed E-state index contributed by atoms with van der Waals surface area (Å²) in [6, 6.07) is 67.8. The number of benzene rings is 8. The van der Waals surface area contributed by atoms with Crippen molar-refractivity contribution in [3.05, 3.63) is 211 Å². The number of unbranched alkanes of at least 4 members (excludes halogenated alkanes) is 1. The molecule has 1 aliphatic carbocycles. The number of fused-ring (bicyclic) bond motifs is 6. The Kier molecular flexibility index (Phi) is 9.12. The van der Waals surface area contributed by atoms with Gasteiger partial charge in [-0.2, -0.15) is 0 Å². The molecule has 0 amide bonds. The molecule has 0 saturated carbocycles. The highest BCUT2D eigenvalue weighted by molar-refractivity contribution is 6.13. The number of hydrogen-bond acceptors (Lipinski definition) is 0. The third kappa shape index (κ3) is 6.28. The molecule has 11 rings (SSSR count). The lowest BCUT2D eigenvalue weighted by Crippen LogP contribution is -1.97. The minimum atomic E-state index is 1.09. The zero-order valence-corrected chi connectivity index (χ0v) is 34.0. The van der Waals surface area contributed by atoms with Crippen molar-refractivity contribution in [2.24, 2.45) is 0 Å². The predicted octanol–water partition coefficient (Wildman–Crippen LogP) is 16.0. The number of aromatic nitrogens is 2. The summed E-state index contributed by atoms with van der Waals surface area (Å²) in [5.74, 6) is 0. The minimum Gasteiger partial charge on any atom is -0.309 e. The van der Waals surface area contributed by atoms with Crippen LogP contribution in [0.5, 0.6) is 0 Å². The molecule has 0 bridgehead atoms. The molecule has 2 nitrogen and oxygen atoms in total. The van der Waals surface area contributed by atoms with E-state index in [-0.39, 0.29) is 0 Å². The van der Waals surface area contributed by atoms with Crippen molar-refractivity contribution < 1.29 is 0 Å². The van der Waals surface area contributed by atoms with Crippen LogP contribution in [0.25, 0.3) is 93.9 Å². The van der Waals surface area contributed by atoms with E-state index in [0.29, 0.717) is 0 Å². The summed E-state index contributed by atoms with van der Waals surface area (Å²) in [5.41, 5.74) is 18.7. The maximum absolute atomic E-state index is 2.46. The lowest BCUT2D eigenvalue weighted by molar-refractivity contribution is 0.795. The first-order valence-electron chi connectivity index (χ1n) is 21.5. The number of hydrogen-bond donors (Lipinski definition) is 0. The first kappa shape index (κ1) is 36.0. The number of rotatable bonds is 9. The molecule has 2 heterocycles. The Morgan fingerprint density at radius 2 is 1.03 bits per heavy atom. The summed E-state index contributed by atoms with van der Waals surface area (Å²) in [6.45, 7) is 2.26. The van der Waals surface area contributed by atoms with E-state index >= 15 is 0 Å². The third-order valence-corrected chi connectivity index (χ3v) is 12.6. The molecule has 0 atom stereocenters. The number of nitrogens with zero attached hydrogens (tertiary/aromatic N) is 2. The van der Waals surface area contributed by atoms with Crippen molar-refractivity contribution in [3.8, 4) is 44.8 Å². The molecule has 0 saturated heterocycles. The summed E-state index contributed by atoms with van der Waals surface area (Å²) >= 11 is 0. The monoisotopic (exact) mass is 770 g/mol. The van der Waals surface area contributed by atoms with E-state index in [1.807, 2.05) is 0 Å². The molecule has 60 heavy (non-hydrogen) atoms. The van der Waals surface area contributed by atoms with Crippen LogP contribution in [-0.4, -0.2) is 9.13 Å². The van der Waals surface area contributed by atoms with E-state index in [1.54, 1.807) is 0 Å². The van der Waals surface area contributed by atoms with Crippen LogP contribution in [0, 0.1) is 0 Å². The predicted molar refractivity (Wildman–Crippen MR) is 256 cm³/mol. The molecule has 1 aliphatic rings. The van der Waals surface area contributed by atoms with E-state index in [2.05, 4.69) is 216 Å². The molecule has 8 aromatic carbocycles. The van der Waals surface area contributed by atoms with E-state index < -0.39 is 0 Å². The third-order valence-electron chi connectivity index (χ3n) is 12.6. The van der Waals surface area contributed by atoms with Gasteiger partial charge < -0.3 is 9.13 Å². The molecule has 0 aliphatic heterocycles. The van der Waals surface area contributed by atoms with Crippen LogP contribution in [0.1, 0.15) is 43.7 Å². The van der Waals surface area contributed by atoms with Crippen LogP contribution in [-0.2, 0) is 6.42 Å². The molecule has 0 unspecified atom stereocenters. The number of aryl methyl sites for hydroxylation is 1. The summed E-state index contributed by atoms with van der Waals surface area (Å²) in [4.78, 5) is 0. The van der Waals surface area contributed by atoms with Crippen LogP contribution in [0.15, 0.2) is 200 Å². The Labute approximate surface area is 352 Å². The van der Waals surface area contributed by atoms with Gasteiger partial charge in [0.1, 0.15) is 0 Å². The topological polar surface area (TPSA) is 9.86 Å². The number of allylic oxidation sites excluding steroid dienone is 4. The molecule has 0 spiro atoms. The van der Waals surface area contributed by atoms with Crippen molar-refractivity contribution in [3.63, 3.8) is 0 Å². The van der Waals surface area contributed by atoms with Crippen LogP contribution in [0.4, 0.5) is 0 Å². The number of para-hydroxylation sites is 3. The Morgan fingerprint density at radius 3 is 1.73 bits per heavy atom. The zero-order valence-electron chi connectivity index (χ0n) is 34.0. The van der Waals surface area contributed by atoms with Crippen molar-refractivity contribution in [1.82, 2.24) is 9.13 Å². The summed E-state index contributed by atoms with van der Waals surface area (Å²) in [5, 5.41) is 5.03. The smallest absolute Gasteiger partial charge is 0.0541 e. The fourth-order valence-electron chi connectivity index (χ4n) is 9.55.